The van der Waals surface area contributed by atoms with E-state index in [0.29, 0.717) is 6.04 Å². The van der Waals surface area contributed by atoms with Crippen LogP contribution in [0.4, 0.5) is 0 Å². The molecular formula is C15H28N4. The summed E-state index contributed by atoms with van der Waals surface area (Å²) in [6.45, 7) is 5.78. The van der Waals surface area contributed by atoms with Crippen molar-refractivity contribution < 1.29 is 0 Å². The zero-order valence-corrected chi connectivity index (χ0v) is 12.2. The van der Waals surface area contributed by atoms with E-state index >= 15 is 0 Å². The van der Waals surface area contributed by atoms with E-state index in [1.165, 1.54) is 51.6 Å². The lowest BCUT2D eigenvalue weighted by atomic mass is 9.90. The number of imidazole rings is 1. The summed E-state index contributed by atoms with van der Waals surface area (Å²) in [6.07, 6.45) is 13.2. The van der Waals surface area contributed by atoms with Gasteiger partial charge in [0.1, 0.15) is 0 Å². The second-order valence-corrected chi connectivity index (χ2v) is 5.76. The summed E-state index contributed by atoms with van der Waals surface area (Å²) in [5, 5.41) is 0. The highest BCUT2D eigenvalue weighted by atomic mass is 15.2. The first-order valence-electron chi connectivity index (χ1n) is 7.75. The zero-order chi connectivity index (χ0) is 13.5. The summed E-state index contributed by atoms with van der Waals surface area (Å²) in [5.74, 6) is 0. The van der Waals surface area contributed by atoms with Crippen LogP contribution >= 0.6 is 0 Å². The Labute approximate surface area is 117 Å². The summed E-state index contributed by atoms with van der Waals surface area (Å²) >= 11 is 0. The van der Waals surface area contributed by atoms with Gasteiger partial charge in [0.25, 0.3) is 0 Å². The van der Waals surface area contributed by atoms with Crippen LogP contribution in [0, 0.1) is 0 Å². The highest BCUT2D eigenvalue weighted by molar-refractivity contribution is 4.81. The molecule has 2 rings (SSSR count). The van der Waals surface area contributed by atoms with E-state index in [9.17, 15) is 0 Å². The van der Waals surface area contributed by atoms with Gasteiger partial charge in [-0.25, -0.2) is 4.98 Å². The van der Waals surface area contributed by atoms with Crippen LogP contribution in [0.5, 0.6) is 0 Å². The number of aryl methyl sites for hydroxylation is 1. The normalized spacial score (nSPS) is 23.9. The molecule has 2 N–H and O–H groups in total. The van der Waals surface area contributed by atoms with Crippen LogP contribution in [0.1, 0.15) is 45.4 Å². The highest BCUT2D eigenvalue weighted by Gasteiger charge is 2.23. The molecule has 0 bridgehead atoms. The molecule has 1 fully saturated rings. The first-order valence-corrected chi connectivity index (χ1v) is 7.75. The SMILES string of the molecule is CCCN(CCCn1ccnc1)C1CCC(N)CC1. The lowest BCUT2D eigenvalue weighted by Gasteiger charge is -2.36. The van der Waals surface area contributed by atoms with Crippen LogP contribution in [0.25, 0.3) is 0 Å². The predicted molar refractivity (Wildman–Crippen MR) is 78.9 cm³/mol. The minimum Gasteiger partial charge on any atom is -0.337 e. The molecule has 1 heterocycles. The number of rotatable bonds is 7. The Balaban J connectivity index is 1.75. The van der Waals surface area contributed by atoms with Crippen molar-refractivity contribution in [1.82, 2.24) is 14.5 Å². The average molecular weight is 264 g/mol. The van der Waals surface area contributed by atoms with E-state index in [-0.39, 0.29) is 0 Å². The first-order chi connectivity index (χ1) is 9.29. The third kappa shape index (κ3) is 4.62. The van der Waals surface area contributed by atoms with Gasteiger partial charge in [-0.3, -0.25) is 0 Å². The maximum Gasteiger partial charge on any atom is 0.0945 e. The molecule has 108 valence electrons. The highest BCUT2D eigenvalue weighted by Crippen LogP contribution is 2.22. The van der Waals surface area contributed by atoms with Gasteiger partial charge in [0, 0.05) is 37.6 Å². The van der Waals surface area contributed by atoms with E-state index < -0.39 is 0 Å². The number of nitrogens with two attached hydrogens (primary N) is 1. The Kier molecular flexibility index (Phi) is 5.86. The van der Waals surface area contributed by atoms with Gasteiger partial charge in [0.2, 0.25) is 0 Å². The second-order valence-electron chi connectivity index (χ2n) is 5.76. The molecule has 0 spiro atoms. The van der Waals surface area contributed by atoms with Gasteiger partial charge in [-0.15, -0.1) is 0 Å². The molecule has 4 heteroatoms. The molecule has 0 aliphatic heterocycles. The topological polar surface area (TPSA) is 47.1 Å². The van der Waals surface area contributed by atoms with Crippen molar-refractivity contribution in [3.05, 3.63) is 18.7 Å². The third-order valence-corrected chi connectivity index (χ3v) is 4.19. The minimum atomic E-state index is 0.450. The average Bonchev–Trinajstić information content (AvgIpc) is 2.92. The predicted octanol–water partition coefficient (Wildman–Crippen LogP) is 2.26. The summed E-state index contributed by atoms with van der Waals surface area (Å²) < 4.78 is 2.17. The Bertz CT molecular complexity index is 328. The number of hydrogen-bond donors (Lipinski definition) is 1. The Morgan fingerprint density at radius 2 is 2.05 bits per heavy atom. The summed E-state index contributed by atoms with van der Waals surface area (Å²) in [5.41, 5.74) is 6.01. The lowest BCUT2D eigenvalue weighted by molar-refractivity contribution is 0.146. The maximum atomic E-state index is 6.01. The monoisotopic (exact) mass is 264 g/mol. The van der Waals surface area contributed by atoms with Crippen molar-refractivity contribution in [1.29, 1.82) is 0 Å². The minimum absolute atomic E-state index is 0.450. The Hall–Kier alpha value is -0.870. The number of hydrogen-bond acceptors (Lipinski definition) is 3. The molecule has 0 aromatic carbocycles. The molecule has 4 nitrogen and oxygen atoms in total. The Morgan fingerprint density at radius 3 is 2.68 bits per heavy atom. The standard InChI is InChI=1S/C15H28N4/c1-2-9-19(15-6-4-14(16)5-7-15)11-3-10-18-12-8-17-13-18/h8,12-15H,2-7,9-11,16H2,1H3. The van der Waals surface area contributed by atoms with Crippen molar-refractivity contribution in [3.63, 3.8) is 0 Å². The molecule has 0 amide bonds. The van der Waals surface area contributed by atoms with Crippen LogP contribution in [0.2, 0.25) is 0 Å². The maximum absolute atomic E-state index is 6.01. The fourth-order valence-corrected chi connectivity index (χ4v) is 3.11. The largest absolute Gasteiger partial charge is 0.337 e. The van der Waals surface area contributed by atoms with Crippen molar-refractivity contribution in [2.75, 3.05) is 13.1 Å². The van der Waals surface area contributed by atoms with Gasteiger partial charge < -0.3 is 15.2 Å². The molecule has 0 unspecified atom stereocenters. The summed E-state index contributed by atoms with van der Waals surface area (Å²) in [6, 6.07) is 1.22. The molecule has 1 aromatic rings. The number of nitrogens with zero attached hydrogens (tertiary/aromatic N) is 3. The quantitative estimate of drug-likeness (QED) is 0.821. The van der Waals surface area contributed by atoms with Crippen LogP contribution in [-0.2, 0) is 6.54 Å². The van der Waals surface area contributed by atoms with Crippen LogP contribution < -0.4 is 5.73 Å². The van der Waals surface area contributed by atoms with E-state index in [0.717, 1.165) is 12.6 Å². The zero-order valence-electron chi connectivity index (χ0n) is 12.2. The smallest absolute Gasteiger partial charge is 0.0945 e. The molecule has 1 aliphatic rings. The van der Waals surface area contributed by atoms with Gasteiger partial charge in [-0.05, 0) is 45.1 Å². The molecule has 19 heavy (non-hydrogen) atoms. The fourth-order valence-electron chi connectivity index (χ4n) is 3.11. The first kappa shape index (κ1) is 14.5. The molecule has 0 radical (unpaired) electrons. The summed E-state index contributed by atoms with van der Waals surface area (Å²) in [4.78, 5) is 6.77. The lowest BCUT2D eigenvalue weighted by Crippen LogP contribution is -2.41. The second kappa shape index (κ2) is 7.65. The fraction of sp³-hybridized carbons (Fsp3) is 0.800. The molecule has 1 aromatic heterocycles. The van der Waals surface area contributed by atoms with Gasteiger partial charge in [0.05, 0.1) is 6.33 Å². The molecule has 0 saturated heterocycles. The third-order valence-electron chi connectivity index (χ3n) is 4.19. The van der Waals surface area contributed by atoms with Crippen molar-refractivity contribution in [2.24, 2.45) is 5.73 Å². The van der Waals surface area contributed by atoms with Gasteiger partial charge in [-0.2, -0.15) is 0 Å². The molecule has 0 atom stereocenters. The van der Waals surface area contributed by atoms with Crippen molar-refractivity contribution in [2.45, 2.75) is 64.1 Å². The van der Waals surface area contributed by atoms with Crippen LogP contribution in [0.15, 0.2) is 18.7 Å². The van der Waals surface area contributed by atoms with Crippen LogP contribution in [-0.4, -0.2) is 39.6 Å². The van der Waals surface area contributed by atoms with E-state index in [2.05, 4.69) is 21.4 Å². The molecule has 1 saturated carbocycles. The number of aromatic nitrogens is 2. The van der Waals surface area contributed by atoms with E-state index in [1.807, 2.05) is 18.7 Å². The molecular weight excluding hydrogens is 236 g/mol. The van der Waals surface area contributed by atoms with Gasteiger partial charge >= 0.3 is 0 Å². The van der Waals surface area contributed by atoms with Crippen molar-refractivity contribution in [3.8, 4) is 0 Å². The van der Waals surface area contributed by atoms with Gasteiger partial charge in [0.15, 0.2) is 0 Å². The van der Waals surface area contributed by atoms with Crippen molar-refractivity contribution >= 4 is 0 Å². The van der Waals surface area contributed by atoms with Crippen LogP contribution in [0.3, 0.4) is 0 Å². The van der Waals surface area contributed by atoms with Gasteiger partial charge in [-0.1, -0.05) is 6.92 Å². The summed E-state index contributed by atoms with van der Waals surface area (Å²) in [7, 11) is 0. The Morgan fingerprint density at radius 1 is 1.26 bits per heavy atom. The van der Waals surface area contributed by atoms with E-state index in [4.69, 9.17) is 5.73 Å². The molecule has 1 aliphatic carbocycles. The van der Waals surface area contributed by atoms with E-state index in [1.54, 1.807) is 0 Å².